The highest BCUT2D eigenvalue weighted by molar-refractivity contribution is 9.10. The number of hydrogen-bond acceptors (Lipinski definition) is 3. The molecule has 0 fully saturated rings. The Morgan fingerprint density at radius 2 is 2.00 bits per heavy atom. The second-order valence-electron chi connectivity index (χ2n) is 4.23. The normalized spacial score (nSPS) is 10.1. The van der Waals surface area contributed by atoms with Gasteiger partial charge in [0.2, 0.25) is 5.91 Å². The van der Waals surface area contributed by atoms with E-state index >= 15 is 0 Å². The number of nitrogens with zero attached hydrogens (tertiary/aromatic N) is 1. The second kappa shape index (κ2) is 5.84. The van der Waals surface area contributed by atoms with E-state index in [2.05, 4.69) is 31.5 Å². The molecular formula is C14H14BrN3O. The van der Waals surface area contributed by atoms with Crippen molar-refractivity contribution in [2.75, 3.05) is 10.6 Å². The van der Waals surface area contributed by atoms with Crippen LogP contribution in [0, 0.1) is 6.92 Å². The molecule has 0 spiro atoms. The van der Waals surface area contributed by atoms with Crippen LogP contribution in [-0.2, 0) is 4.79 Å². The van der Waals surface area contributed by atoms with Gasteiger partial charge in [-0.25, -0.2) is 4.98 Å². The van der Waals surface area contributed by atoms with Crippen LogP contribution in [0.5, 0.6) is 0 Å². The molecule has 19 heavy (non-hydrogen) atoms. The summed E-state index contributed by atoms with van der Waals surface area (Å²) < 4.78 is 0.900. The Morgan fingerprint density at radius 3 is 2.68 bits per heavy atom. The van der Waals surface area contributed by atoms with Gasteiger partial charge in [-0.1, -0.05) is 6.07 Å². The van der Waals surface area contributed by atoms with E-state index in [-0.39, 0.29) is 5.91 Å². The number of carbonyl (C=O) groups excluding carboxylic acids is 1. The largest absolute Gasteiger partial charge is 0.339 e. The molecule has 0 atom stereocenters. The summed E-state index contributed by atoms with van der Waals surface area (Å²) in [6, 6.07) is 9.47. The molecule has 0 unspecified atom stereocenters. The highest BCUT2D eigenvalue weighted by Gasteiger charge is 2.03. The van der Waals surface area contributed by atoms with Gasteiger partial charge >= 0.3 is 0 Å². The van der Waals surface area contributed by atoms with E-state index < -0.39 is 0 Å². The Labute approximate surface area is 120 Å². The van der Waals surface area contributed by atoms with Gasteiger partial charge < -0.3 is 10.6 Å². The predicted octanol–water partition coefficient (Wildman–Crippen LogP) is 3.85. The third-order valence-electron chi connectivity index (χ3n) is 2.42. The maximum Gasteiger partial charge on any atom is 0.221 e. The Bertz CT molecular complexity index is 613. The van der Waals surface area contributed by atoms with Crippen LogP contribution >= 0.6 is 15.9 Å². The zero-order chi connectivity index (χ0) is 13.8. The van der Waals surface area contributed by atoms with Crippen LogP contribution in [0.15, 0.2) is 41.0 Å². The zero-order valence-corrected chi connectivity index (χ0v) is 12.3. The molecule has 0 aliphatic carbocycles. The number of halogens is 1. The molecule has 1 aromatic carbocycles. The third-order valence-corrected chi connectivity index (χ3v) is 3.03. The van der Waals surface area contributed by atoms with Crippen LogP contribution in [0.25, 0.3) is 0 Å². The first-order valence-electron chi connectivity index (χ1n) is 5.81. The van der Waals surface area contributed by atoms with Gasteiger partial charge in [0.15, 0.2) is 0 Å². The van der Waals surface area contributed by atoms with Crippen molar-refractivity contribution in [3.05, 3.63) is 46.6 Å². The standard InChI is InChI=1S/C14H14BrN3O/c1-9-6-13(15)14(16-8-9)18-12-5-3-4-11(7-12)17-10(2)19/h3-8H,1-2H3,(H,16,18)(H,17,19). The average molecular weight is 320 g/mol. The van der Waals surface area contributed by atoms with Gasteiger partial charge in [-0.3, -0.25) is 4.79 Å². The van der Waals surface area contributed by atoms with Gasteiger partial charge in [-0.2, -0.15) is 0 Å². The Morgan fingerprint density at radius 1 is 1.26 bits per heavy atom. The van der Waals surface area contributed by atoms with Crippen molar-refractivity contribution in [3.63, 3.8) is 0 Å². The van der Waals surface area contributed by atoms with Crippen LogP contribution in [0.4, 0.5) is 17.2 Å². The Balaban J connectivity index is 2.21. The molecule has 0 saturated heterocycles. The first-order chi connectivity index (χ1) is 9.04. The molecule has 2 rings (SSSR count). The minimum Gasteiger partial charge on any atom is -0.339 e. The van der Waals surface area contributed by atoms with Gasteiger partial charge in [0.05, 0.1) is 4.47 Å². The number of aryl methyl sites for hydroxylation is 1. The molecule has 2 aromatic rings. The molecule has 5 heteroatoms. The smallest absolute Gasteiger partial charge is 0.221 e. The average Bonchev–Trinajstić information content (AvgIpc) is 2.32. The van der Waals surface area contributed by atoms with Gasteiger partial charge in [-0.05, 0) is 52.7 Å². The van der Waals surface area contributed by atoms with Gasteiger partial charge in [0.25, 0.3) is 0 Å². The summed E-state index contributed by atoms with van der Waals surface area (Å²) in [6.45, 7) is 3.47. The minimum atomic E-state index is -0.0909. The summed E-state index contributed by atoms with van der Waals surface area (Å²) in [5, 5.41) is 5.95. The van der Waals surface area contributed by atoms with E-state index in [9.17, 15) is 4.79 Å². The van der Waals surface area contributed by atoms with Crippen molar-refractivity contribution in [2.45, 2.75) is 13.8 Å². The Kier molecular flexibility index (Phi) is 4.16. The molecule has 2 N–H and O–H groups in total. The summed E-state index contributed by atoms with van der Waals surface area (Å²) in [6.07, 6.45) is 1.80. The highest BCUT2D eigenvalue weighted by Crippen LogP contribution is 2.25. The molecule has 0 radical (unpaired) electrons. The van der Waals surface area contributed by atoms with Crippen LogP contribution < -0.4 is 10.6 Å². The van der Waals surface area contributed by atoms with E-state index in [1.165, 1.54) is 6.92 Å². The summed E-state index contributed by atoms with van der Waals surface area (Å²) >= 11 is 3.47. The molecule has 1 heterocycles. The number of hydrogen-bond donors (Lipinski definition) is 2. The van der Waals surface area contributed by atoms with Crippen molar-refractivity contribution < 1.29 is 4.79 Å². The summed E-state index contributed by atoms with van der Waals surface area (Å²) in [7, 11) is 0. The lowest BCUT2D eigenvalue weighted by Crippen LogP contribution is -2.05. The minimum absolute atomic E-state index is 0.0909. The zero-order valence-electron chi connectivity index (χ0n) is 10.7. The number of rotatable bonds is 3. The molecule has 98 valence electrons. The van der Waals surface area contributed by atoms with E-state index in [0.717, 1.165) is 27.2 Å². The van der Waals surface area contributed by atoms with Crippen LogP contribution in [0.2, 0.25) is 0 Å². The predicted molar refractivity (Wildman–Crippen MR) is 80.7 cm³/mol. The topological polar surface area (TPSA) is 54.0 Å². The van der Waals surface area contributed by atoms with E-state index in [0.29, 0.717) is 0 Å². The molecule has 0 bridgehead atoms. The molecular weight excluding hydrogens is 306 g/mol. The Hall–Kier alpha value is -1.88. The second-order valence-corrected chi connectivity index (χ2v) is 5.08. The highest BCUT2D eigenvalue weighted by atomic mass is 79.9. The van der Waals surface area contributed by atoms with Crippen molar-refractivity contribution in [3.8, 4) is 0 Å². The summed E-state index contributed by atoms with van der Waals surface area (Å²) in [5.74, 6) is 0.650. The molecule has 0 aliphatic heterocycles. The van der Waals surface area contributed by atoms with E-state index in [4.69, 9.17) is 0 Å². The number of anilines is 3. The lowest BCUT2D eigenvalue weighted by atomic mass is 10.2. The van der Waals surface area contributed by atoms with Crippen LogP contribution in [0.1, 0.15) is 12.5 Å². The number of nitrogens with one attached hydrogen (secondary N) is 2. The van der Waals surface area contributed by atoms with Gasteiger partial charge in [0, 0.05) is 24.5 Å². The number of pyridine rings is 1. The van der Waals surface area contributed by atoms with E-state index in [1.807, 2.05) is 37.3 Å². The van der Waals surface area contributed by atoms with Crippen molar-refractivity contribution in [1.29, 1.82) is 0 Å². The fourth-order valence-electron chi connectivity index (χ4n) is 1.64. The molecule has 1 aromatic heterocycles. The summed E-state index contributed by atoms with van der Waals surface area (Å²) in [5.41, 5.74) is 2.70. The summed E-state index contributed by atoms with van der Waals surface area (Å²) in [4.78, 5) is 15.3. The van der Waals surface area contributed by atoms with Crippen molar-refractivity contribution in [1.82, 2.24) is 4.98 Å². The molecule has 0 aliphatic rings. The quantitative estimate of drug-likeness (QED) is 0.903. The number of amides is 1. The van der Waals surface area contributed by atoms with Crippen molar-refractivity contribution >= 4 is 39.0 Å². The lowest BCUT2D eigenvalue weighted by Gasteiger charge is -2.10. The van der Waals surface area contributed by atoms with Gasteiger partial charge in [0.1, 0.15) is 5.82 Å². The fraction of sp³-hybridized carbons (Fsp3) is 0.143. The van der Waals surface area contributed by atoms with Crippen LogP contribution in [0.3, 0.4) is 0 Å². The molecule has 0 saturated carbocycles. The fourth-order valence-corrected chi connectivity index (χ4v) is 2.20. The molecule has 1 amide bonds. The monoisotopic (exact) mass is 319 g/mol. The number of aromatic nitrogens is 1. The van der Waals surface area contributed by atoms with Crippen molar-refractivity contribution in [2.24, 2.45) is 0 Å². The first kappa shape index (κ1) is 13.5. The first-order valence-corrected chi connectivity index (χ1v) is 6.61. The third kappa shape index (κ3) is 3.79. The maximum atomic E-state index is 11.0. The number of carbonyl (C=O) groups is 1. The number of benzene rings is 1. The SMILES string of the molecule is CC(=O)Nc1cccc(Nc2ncc(C)cc2Br)c1. The lowest BCUT2D eigenvalue weighted by molar-refractivity contribution is -0.114. The van der Waals surface area contributed by atoms with E-state index in [1.54, 1.807) is 6.20 Å². The molecule has 4 nitrogen and oxygen atoms in total. The van der Waals surface area contributed by atoms with Gasteiger partial charge in [-0.15, -0.1) is 0 Å². The maximum absolute atomic E-state index is 11.0. The van der Waals surface area contributed by atoms with Crippen LogP contribution in [-0.4, -0.2) is 10.9 Å².